The Balaban J connectivity index is 1.64. The fourth-order valence-electron chi connectivity index (χ4n) is 2.84. The smallest absolute Gasteiger partial charge is 0.289 e. The van der Waals surface area contributed by atoms with Crippen LogP contribution in [0.1, 0.15) is 23.9 Å². The molecule has 0 spiro atoms. The van der Waals surface area contributed by atoms with Gasteiger partial charge in [-0.05, 0) is 30.7 Å². The average Bonchev–Trinajstić information content (AvgIpc) is 2.97. The zero-order valence-electron chi connectivity index (χ0n) is 13.2. The second-order valence-corrected chi connectivity index (χ2v) is 6.38. The van der Waals surface area contributed by atoms with E-state index in [-0.39, 0.29) is 12.0 Å². The standard InChI is InChI=1S/C17H21ClN2O3/c1-2-14(21)11-19-5-7-20(8-6-19)17(22)16-10-12-9-13(18)3-4-15(12)23-16/h3-4,9-10,14,21H,2,5-8,11H2,1H3. The van der Waals surface area contributed by atoms with Crippen LogP contribution in [0.25, 0.3) is 11.0 Å². The van der Waals surface area contributed by atoms with Crippen molar-refractivity contribution in [1.29, 1.82) is 0 Å². The number of carbonyl (C=O) groups is 1. The van der Waals surface area contributed by atoms with Gasteiger partial charge in [0, 0.05) is 43.1 Å². The lowest BCUT2D eigenvalue weighted by Gasteiger charge is -2.35. The molecule has 124 valence electrons. The summed E-state index contributed by atoms with van der Waals surface area (Å²) in [4.78, 5) is 16.6. The largest absolute Gasteiger partial charge is 0.451 e. The minimum Gasteiger partial charge on any atom is -0.451 e. The monoisotopic (exact) mass is 336 g/mol. The SMILES string of the molecule is CCC(O)CN1CCN(C(=O)c2cc3cc(Cl)ccc3o2)CC1. The Morgan fingerprint density at radius 1 is 1.30 bits per heavy atom. The number of aliphatic hydroxyl groups excluding tert-OH is 1. The third kappa shape index (κ3) is 3.68. The number of piperazine rings is 1. The molecule has 0 bridgehead atoms. The molecule has 1 fully saturated rings. The van der Waals surface area contributed by atoms with Crippen molar-refractivity contribution in [3.63, 3.8) is 0 Å². The topological polar surface area (TPSA) is 56.9 Å². The van der Waals surface area contributed by atoms with Crippen LogP contribution < -0.4 is 0 Å². The van der Waals surface area contributed by atoms with Crippen LogP contribution in [-0.2, 0) is 0 Å². The Morgan fingerprint density at radius 3 is 2.74 bits per heavy atom. The first-order valence-corrected chi connectivity index (χ1v) is 8.33. The Kier molecular flexibility index (Phi) is 4.90. The molecule has 1 atom stereocenters. The van der Waals surface area contributed by atoms with E-state index in [4.69, 9.17) is 16.0 Å². The van der Waals surface area contributed by atoms with E-state index in [1.165, 1.54) is 0 Å². The normalized spacial score (nSPS) is 17.6. The molecular weight excluding hydrogens is 316 g/mol. The molecule has 1 aliphatic heterocycles. The van der Waals surface area contributed by atoms with Crippen LogP contribution in [0.15, 0.2) is 28.7 Å². The van der Waals surface area contributed by atoms with Gasteiger partial charge >= 0.3 is 0 Å². The number of β-amino-alcohol motifs (C(OH)–C–C–N with tert-alkyl or cyclic N) is 1. The minimum atomic E-state index is -0.294. The number of nitrogens with zero attached hydrogens (tertiary/aromatic N) is 2. The van der Waals surface area contributed by atoms with E-state index < -0.39 is 0 Å². The minimum absolute atomic E-state index is 0.0898. The van der Waals surface area contributed by atoms with Crippen LogP contribution in [0.5, 0.6) is 0 Å². The zero-order valence-corrected chi connectivity index (χ0v) is 13.9. The molecule has 2 heterocycles. The maximum atomic E-state index is 12.6. The van der Waals surface area contributed by atoms with Gasteiger partial charge in [-0.15, -0.1) is 0 Å². The van der Waals surface area contributed by atoms with Crippen molar-refractivity contribution < 1.29 is 14.3 Å². The summed E-state index contributed by atoms with van der Waals surface area (Å²) in [6, 6.07) is 7.07. The molecule has 1 aliphatic rings. The molecule has 1 aromatic carbocycles. The summed E-state index contributed by atoms with van der Waals surface area (Å²) in [5.41, 5.74) is 0.669. The summed E-state index contributed by atoms with van der Waals surface area (Å²) in [7, 11) is 0. The molecule has 0 aliphatic carbocycles. The molecule has 6 heteroatoms. The highest BCUT2D eigenvalue weighted by Gasteiger charge is 2.25. The number of benzene rings is 1. The molecule has 5 nitrogen and oxygen atoms in total. The van der Waals surface area contributed by atoms with Gasteiger partial charge in [-0.25, -0.2) is 0 Å². The lowest BCUT2D eigenvalue weighted by Crippen LogP contribution is -2.50. The summed E-state index contributed by atoms with van der Waals surface area (Å²) >= 11 is 5.96. The number of furan rings is 1. The molecule has 3 rings (SSSR count). The molecule has 2 aromatic rings. The Bertz CT molecular complexity index is 692. The third-order valence-electron chi connectivity index (χ3n) is 4.29. The van der Waals surface area contributed by atoms with E-state index in [2.05, 4.69) is 4.90 Å². The Morgan fingerprint density at radius 2 is 2.04 bits per heavy atom. The van der Waals surface area contributed by atoms with Gasteiger partial charge in [0.1, 0.15) is 5.58 Å². The van der Waals surface area contributed by atoms with E-state index in [0.717, 1.165) is 24.9 Å². The second kappa shape index (κ2) is 6.91. The first kappa shape index (κ1) is 16.3. The second-order valence-electron chi connectivity index (χ2n) is 5.95. The number of carbonyl (C=O) groups excluding carboxylic acids is 1. The molecule has 1 saturated heterocycles. The molecule has 1 amide bonds. The van der Waals surface area contributed by atoms with Crippen LogP contribution in [0.4, 0.5) is 0 Å². The van der Waals surface area contributed by atoms with Crippen molar-refractivity contribution in [3.05, 3.63) is 35.0 Å². The van der Waals surface area contributed by atoms with Crippen LogP contribution in [-0.4, -0.2) is 59.6 Å². The lowest BCUT2D eigenvalue weighted by atomic mass is 10.2. The number of hydrogen-bond donors (Lipinski definition) is 1. The molecule has 0 saturated carbocycles. The van der Waals surface area contributed by atoms with Crippen molar-refractivity contribution in [1.82, 2.24) is 9.80 Å². The summed E-state index contributed by atoms with van der Waals surface area (Å²) in [5.74, 6) is 0.261. The fourth-order valence-corrected chi connectivity index (χ4v) is 3.02. The quantitative estimate of drug-likeness (QED) is 0.932. The molecule has 1 aromatic heterocycles. The maximum absolute atomic E-state index is 12.6. The highest BCUT2D eigenvalue weighted by atomic mass is 35.5. The van der Waals surface area contributed by atoms with Crippen molar-refractivity contribution >= 4 is 28.5 Å². The van der Waals surface area contributed by atoms with Gasteiger partial charge < -0.3 is 14.4 Å². The maximum Gasteiger partial charge on any atom is 0.289 e. The summed E-state index contributed by atoms with van der Waals surface area (Å²) in [6.45, 7) is 5.48. The van der Waals surface area contributed by atoms with Gasteiger partial charge in [0.05, 0.1) is 6.10 Å². The number of amides is 1. The van der Waals surface area contributed by atoms with Gasteiger partial charge in [-0.3, -0.25) is 9.69 Å². The van der Waals surface area contributed by atoms with Gasteiger partial charge in [0.2, 0.25) is 0 Å². The molecule has 1 N–H and O–H groups in total. The van der Waals surface area contributed by atoms with Gasteiger partial charge in [-0.1, -0.05) is 18.5 Å². The lowest BCUT2D eigenvalue weighted by molar-refractivity contribution is 0.0502. The predicted octanol–water partition coefficient (Wildman–Crippen LogP) is 2.61. The summed E-state index contributed by atoms with van der Waals surface area (Å²) < 4.78 is 5.64. The van der Waals surface area contributed by atoms with Crippen LogP contribution in [0, 0.1) is 0 Å². The van der Waals surface area contributed by atoms with Gasteiger partial charge in [-0.2, -0.15) is 0 Å². The highest BCUT2D eigenvalue weighted by molar-refractivity contribution is 6.31. The number of halogens is 1. The fraction of sp³-hybridized carbons (Fsp3) is 0.471. The van der Waals surface area contributed by atoms with Crippen LogP contribution in [0.3, 0.4) is 0 Å². The van der Waals surface area contributed by atoms with E-state index in [9.17, 15) is 9.90 Å². The van der Waals surface area contributed by atoms with E-state index >= 15 is 0 Å². The third-order valence-corrected chi connectivity index (χ3v) is 4.52. The van der Waals surface area contributed by atoms with Crippen LogP contribution >= 0.6 is 11.6 Å². The molecule has 1 unspecified atom stereocenters. The number of fused-ring (bicyclic) bond motifs is 1. The average molecular weight is 337 g/mol. The highest BCUT2D eigenvalue weighted by Crippen LogP contribution is 2.24. The van der Waals surface area contributed by atoms with Crippen molar-refractivity contribution in [2.75, 3.05) is 32.7 Å². The Hall–Kier alpha value is -1.56. The first-order valence-electron chi connectivity index (χ1n) is 7.95. The predicted molar refractivity (Wildman–Crippen MR) is 89.9 cm³/mol. The van der Waals surface area contributed by atoms with Gasteiger partial charge in [0.15, 0.2) is 5.76 Å². The van der Waals surface area contributed by atoms with Crippen molar-refractivity contribution in [3.8, 4) is 0 Å². The Labute approximate surface area is 140 Å². The van der Waals surface area contributed by atoms with E-state index in [1.807, 2.05) is 6.92 Å². The molecular formula is C17H21ClN2O3. The number of hydrogen-bond acceptors (Lipinski definition) is 4. The van der Waals surface area contributed by atoms with Crippen LogP contribution in [0.2, 0.25) is 5.02 Å². The van der Waals surface area contributed by atoms with Gasteiger partial charge in [0.25, 0.3) is 5.91 Å². The number of aliphatic hydroxyl groups is 1. The van der Waals surface area contributed by atoms with E-state index in [0.29, 0.717) is 36.0 Å². The molecule has 23 heavy (non-hydrogen) atoms. The molecule has 0 radical (unpaired) electrons. The van der Waals surface area contributed by atoms with E-state index in [1.54, 1.807) is 29.2 Å². The summed E-state index contributed by atoms with van der Waals surface area (Å²) in [5, 5.41) is 11.2. The zero-order chi connectivity index (χ0) is 16.4. The van der Waals surface area contributed by atoms with Crippen molar-refractivity contribution in [2.24, 2.45) is 0 Å². The van der Waals surface area contributed by atoms with Crippen molar-refractivity contribution in [2.45, 2.75) is 19.4 Å². The summed E-state index contributed by atoms with van der Waals surface area (Å²) in [6.07, 6.45) is 0.457. The number of rotatable bonds is 4. The first-order chi connectivity index (χ1) is 11.1.